The van der Waals surface area contributed by atoms with Crippen molar-refractivity contribution < 1.29 is 18.0 Å². The highest BCUT2D eigenvalue weighted by molar-refractivity contribution is 5.85. The van der Waals surface area contributed by atoms with Crippen LogP contribution < -0.4 is 9.80 Å². The van der Waals surface area contributed by atoms with Crippen LogP contribution in [0.4, 0.5) is 24.9 Å². The first kappa shape index (κ1) is 17.3. The van der Waals surface area contributed by atoms with Gasteiger partial charge in [-0.2, -0.15) is 18.2 Å². The van der Waals surface area contributed by atoms with Crippen LogP contribution in [-0.4, -0.2) is 61.6 Å². The molecule has 0 aromatic carbocycles. The number of anilines is 2. The van der Waals surface area contributed by atoms with Gasteiger partial charge in [0.15, 0.2) is 5.69 Å². The molecule has 128 valence electrons. The molecule has 9 heteroatoms. The van der Waals surface area contributed by atoms with Gasteiger partial charge >= 0.3 is 6.18 Å². The summed E-state index contributed by atoms with van der Waals surface area (Å²) < 4.78 is 39.2. The van der Waals surface area contributed by atoms with Crippen molar-refractivity contribution in [3.8, 4) is 0 Å². The Morgan fingerprint density at radius 2 is 1.91 bits per heavy atom. The maximum atomic E-state index is 13.1. The first-order valence-corrected chi connectivity index (χ1v) is 7.22. The minimum absolute atomic E-state index is 0.0544. The second kappa shape index (κ2) is 6.21. The molecule has 23 heavy (non-hydrogen) atoms. The highest BCUT2D eigenvalue weighted by Gasteiger charge is 2.37. The van der Waals surface area contributed by atoms with Crippen LogP contribution in [0, 0.1) is 0 Å². The van der Waals surface area contributed by atoms with Gasteiger partial charge in [0.05, 0.1) is 0 Å². The summed E-state index contributed by atoms with van der Waals surface area (Å²) >= 11 is 0. The lowest BCUT2D eigenvalue weighted by molar-refractivity contribution is -0.141. The van der Waals surface area contributed by atoms with E-state index in [-0.39, 0.29) is 17.7 Å². The number of halogens is 3. The number of hydrogen-bond acceptors (Lipinski definition) is 5. The predicted molar refractivity (Wildman–Crippen MR) is 80.4 cm³/mol. The quantitative estimate of drug-likeness (QED) is 0.842. The van der Waals surface area contributed by atoms with E-state index in [2.05, 4.69) is 9.97 Å². The van der Waals surface area contributed by atoms with E-state index in [1.54, 1.807) is 33.1 Å². The number of alkyl halides is 3. The molecule has 2 rings (SSSR count). The fourth-order valence-electron chi connectivity index (χ4n) is 2.49. The van der Waals surface area contributed by atoms with Crippen LogP contribution in [-0.2, 0) is 11.0 Å². The molecule has 0 spiro atoms. The average Bonchev–Trinajstić information content (AvgIpc) is 2.94. The number of carbonyl (C=O) groups is 1. The van der Waals surface area contributed by atoms with E-state index in [0.29, 0.717) is 19.4 Å². The fraction of sp³-hybridized carbons (Fsp3) is 0.643. The molecule has 1 saturated heterocycles. The zero-order valence-corrected chi connectivity index (χ0v) is 13.6. The summed E-state index contributed by atoms with van der Waals surface area (Å²) in [5.74, 6) is -0.0542. The Morgan fingerprint density at radius 3 is 2.43 bits per heavy atom. The number of nitrogens with zero attached hydrogens (tertiary/aromatic N) is 5. The van der Waals surface area contributed by atoms with Gasteiger partial charge in [-0.3, -0.25) is 4.79 Å². The van der Waals surface area contributed by atoms with Crippen molar-refractivity contribution in [2.24, 2.45) is 0 Å². The first-order chi connectivity index (χ1) is 10.6. The SMILES string of the molecule is CN(C)C(=O)C1CCCN1c1nc(N(C)C)cc(C(F)(F)F)n1. The molecule has 1 aromatic rings. The number of rotatable bonds is 3. The van der Waals surface area contributed by atoms with E-state index >= 15 is 0 Å². The average molecular weight is 331 g/mol. The molecule has 0 radical (unpaired) electrons. The molecule has 1 unspecified atom stereocenters. The van der Waals surface area contributed by atoms with Crippen molar-refractivity contribution in [3.05, 3.63) is 11.8 Å². The Morgan fingerprint density at radius 1 is 1.26 bits per heavy atom. The van der Waals surface area contributed by atoms with E-state index in [0.717, 1.165) is 6.07 Å². The molecule has 1 aliphatic rings. The van der Waals surface area contributed by atoms with Crippen LogP contribution in [0.2, 0.25) is 0 Å². The minimum Gasteiger partial charge on any atom is -0.363 e. The van der Waals surface area contributed by atoms with Crippen LogP contribution in [0.25, 0.3) is 0 Å². The van der Waals surface area contributed by atoms with Crippen molar-refractivity contribution >= 4 is 17.7 Å². The number of aromatic nitrogens is 2. The van der Waals surface area contributed by atoms with Gasteiger partial charge in [0.2, 0.25) is 11.9 Å². The second-order valence-corrected chi connectivity index (χ2v) is 5.89. The van der Waals surface area contributed by atoms with Crippen LogP contribution in [0.15, 0.2) is 6.07 Å². The van der Waals surface area contributed by atoms with Gasteiger partial charge in [-0.15, -0.1) is 0 Å². The number of likely N-dealkylation sites (N-methyl/N-ethyl adjacent to an activating group) is 1. The van der Waals surface area contributed by atoms with E-state index in [9.17, 15) is 18.0 Å². The lowest BCUT2D eigenvalue weighted by Gasteiger charge is -2.27. The second-order valence-electron chi connectivity index (χ2n) is 5.89. The third-order valence-electron chi connectivity index (χ3n) is 3.68. The van der Waals surface area contributed by atoms with E-state index in [4.69, 9.17) is 0 Å². The summed E-state index contributed by atoms with van der Waals surface area (Å²) in [7, 11) is 6.46. The zero-order valence-electron chi connectivity index (χ0n) is 13.6. The van der Waals surface area contributed by atoms with Gasteiger partial charge in [0.25, 0.3) is 0 Å². The molecule has 0 saturated carbocycles. The van der Waals surface area contributed by atoms with Gasteiger partial charge < -0.3 is 14.7 Å². The Balaban J connectivity index is 2.45. The molecule has 1 fully saturated rings. The lowest BCUT2D eigenvalue weighted by Crippen LogP contribution is -2.43. The molecule has 1 aliphatic heterocycles. The van der Waals surface area contributed by atoms with E-state index in [1.807, 2.05) is 0 Å². The maximum absolute atomic E-state index is 13.1. The number of amides is 1. The van der Waals surface area contributed by atoms with Crippen molar-refractivity contribution in [1.82, 2.24) is 14.9 Å². The molecule has 1 atom stereocenters. The topological polar surface area (TPSA) is 52.6 Å². The Kier molecular flexibility index (Phi) is 4.67. The molecule has 6 nitrogen and oxygen atoms in total. The van der Waals surface area contributed by atoms with Crippen molar-refractivity contribution in [3.63, 3.8) is 0 Å². The molecule has 0 N–H and O–H groups in total. The molecular weight excluding hydrogens is 311 g/mol. The monoisotopic (exact) mass is 331 g/mol. The van der Waals surface area contributed by atoms with Crippen molar-refractivity contribution in [2.45, 2.75) is 25.1 Å². The summed E-state index contributed by atoms with van der Waals surface area (Å²) in [5.41, 5.74) is -1.01. The number of carbonyl (C=O) groups excluding carboxylic acids is 1. The van der Waals surface area contributed by atoms with Gasteiger partial charge in [0.1, 0.15) is 11.9 Å². The van der Waals surface area contributed by atoms with Gasteiger partial charge in [-0.05, 0) is 12.8 Å². The van der Waals surface area contributed by atoms with Crippen molar-refractivity contribution in [2.75, 3.05) is 44.5 Å². The third-order valence-corrected chi connectivity index (χ3v) is 3.68. The van der Waals surface area contributed by atoms with Crippen LogP contribution >= 0.6 is 0 Å². The highest BCUT2D eigenvalue weighted by atomic mass is 19.4. The Bertz CT molecular complexity index is 588. The molecular formula is C14H20F3N5O. The van der Waals surface area contributed by atoms with Gasteiger partial charge in [-0.25, -0.2) is 4.98 Å². The summed E-state index contributed by atoms with van der Waals surface area (Å²) in [5, 5.41) is 0. The summed E-state index contributed by atoms with van der Waals surface area (Å²) in [4.78, 5) is 24.5. The Labute approximate surface area is 132 Å². The molecule has 0 aliphatic carbocycles. The van der Waals surface area contributed by atoms with Crippen molar-refractivity contribution in [1.29, 1.82) is 0 Å². The lowest BCUT2D eigenvalue weighted by atomic mass is 10.2. The van der Waals surface area contributed by atoms with Gasteiger partial charge in [0, 0.05) is 40.8 Å². The standard InChI is InChI=1S/C14H20F3N5O/c1-20(2)11-8-10(14(15,16)17)18-13(19-11)22-7-5-6-9(22)12(23)21(3)4/h8-9H,5-7H2,1-4H3. The summed E-state index contributed by atoms with van der Waals surface area (Å²) in [6.45, 7) is 0.457. The molecule has 0 bridgehead atoms. The summed E-state index contributed by atoms with van der Waals surface area (Å²) in [6.07, 6.45) is -3.28. The van der Waals surface area contributed by atoms with Crippen LogP contribution in [0.5, 0.6) is 0 Å². The van der Waals surface area contributed by atoms with Crippen LogP contribution in [0.3, 0.4) is 0 Å². The van der Waals surface area contributed by atoms with Gasteiger partial charge in [-0.1, -0.05) is 0 Å². The maximum Gasteiger partial charge on any atom is 0.433 e. The fourth-order valence-corrected chi connectivity index (χ4v) is 2.49. The first-order valence-electron chi connectivity index (χ1n) is 7.22. The Hall–Kier alpha value is -2.06. The largest absolute Gasteiger partial charge is 0.433 e. The molecule has 1 amide bonds. The predicted octanol–water partition coefficient (Wildman–Crippen LogP) is 1.62. The van der Waals surface area contributed by atoms with E-state index < -0.39 is 17.9 Å². The number of hydrogen-bond donors (Lipinski definition) is 0. The third kappa shape index (κ3) is 3.65. The van der Waals surface area contributed by atoms with Crippen LogP contribution in [0.1, 0.15) is 18.5 Å². The zero-order chi connectivity index (χ0) is 17.4. The summed E-state index contributed by atoms with van der Waals surface area (Å²) in [6, 6.07) is 0.381. The highest BCUT2D eigenvalue weighted by Crippen LogP contribution is 2.32. The smallest absolute Gasteiger partial charge is 0.363 e. The minimum atomic E-state index is -4.57. The molecule has 1 aromatic heterocycles. The van der Waals surface area contributed by atoms with E-state index in [1.165, 1.54) is 9.80 Å². The normalized spacial score (nSPS) is 18.2. The molecule has 2 heterocycles.